The van der Waals surface area contributed by atoms with Crippen LogP contribution in [0.5, 0.6) is 0 Å². The van der Waals surface area contributed by atoms with Crippen molar-refractivity contribution < 1.29 is 14.7 Å². The summed E-state index contributed by atoms with van der Waals surface area (Å²) in [4.78, 5) is 12.5. The molecular formula is C8H16N2O3. The maximum absolute atomic E-state index is 11.2. The van der Waals surface area contributed by atoms with Gasteiger partial charge in [0.25, 0.3) is 0 Å². The number of oxime groups is 1. The van der Waals surface area contributed by atoms with E-state index < -0.39 is 11.7 Å². The zero-order chi connectivity index (χ0) is 10.5. The predicted octanol–water partition coefficient (Wildman–Crippen LogP) is 1.31. The second-order valence-electron chi connectivity index (χ2n) is 3.66. The summed E-state index contributed by atoms with van der Waals surface area (Å²) in [5.74, 6) is 0. The molecule has 0 atom stereocenters. The summed E-state index contributed by atoms with van der Waals surface area (Å²) in [6.45, 7) is 5.60. The molecule has 0 aliphatic rings. The highest BCUT2D eigenvalue weighted by molar-refractivity contribution is 5.72. The van der Waals surface area contributed by atoms with E-state index >= 15 is 0 Å². The van der Waals surface area contributed by atoms with Crippen molar-refractivity contribution in [3.8, 4) is 0 Å². The Morgan fingerprint density at radius 1 is 1.62 bits per heavy atom. The third-order valence-corrected chi connectivity index (χ3v) is 1.14. The smallest absolute Gasteiger partial charge is 0.410 e. The quantitative estimate of drug-likeness (QED) is 0.404. The fourth-order valence-electron chi connectivity index (χ4n) is 0.573. The first-order valence-electron chi connectivity index (χ1n) is 3.97. The maximum atomic E-state index is 11.2. The van der Waals surface area contributed by atoms with E-state index in [1.807, 2.05) is 0 Å². The first-order valence-corrected chi connectivity index (χ1v) is 3.97. The first-order chi connectivity index (χ1) is 5.87. The summed E-state index contributed by atoms with van der Waals surface area (Å²) in [5.41, 5.74) is -0.498. The van der Waals surface area contributed by atoms with Crippen molar-refractivity contribution in [2.45, 2.75) is 26.4 Å². The van der Waals surface area contributed by atoms with E-state index in [2.05, 4.69) is 5.16 Å². The van der Waals surface area contributed by atoms with E-state index in [-0.39, 0.29) is 6.54 Å². The van der Waals surface area contributed by atoms with Crippen molar-refractivity contribution >= 4 is 12.3 Å². The molecule has 5 nitrogen and oxygen atoms in total. The van der Waals surface area contributed by atoms with Crippen LogP contribution in [0.3, 0.4) is 0 Å². The molecule has 0 fully saturated rings. The van der Waals surface area contributed by atoms with E-state index in [0.717, 1.165) is 0 Å². The van der Waals surface area contributed by atoms with Gasteiger partial charge in [0.15, 0.2) is 0 Å². The fraction of sp³-hybridized carbons (Fsp3) is 0.750. The predicted molar refractivity (Wildman–Crippen MR) is 49.1 cm³/mol. The van der Waals surface area contributed by atoms with Gasteiger partial charge in [-0.15, -0.1) is 5.16 Å². The Morgan fingerprint density at radius 3 is 2.54 bits per heavy atom. The summed E-state index contributed by atoms with van der Waals surface area (Å²) in [6.07, 6.45) is 0.775. The molecule has 0 bridgehead atoms. The summed E-state index contributed by atoms with van der Waals surface area (Å²) < 4.78 is 5.04. The fourth-order valence-corrected chi connectivity index (χ4v) is 0.573. The molecule has 0 aromatic carbocycles. The summed E-state index contributed by atoms with van der Waals surface area (Å²) >= 11 is 0. The van der Waals surface area contributed by atoms with Crippen molar-refractivity contribution in [1.82, 2.24) is 4.90 Å². The number of carbonyl (C=O) groups is 1. The van der Waals surface area contributed by atoms with Crippen LogP contribution in [0.15, 0.2) is 5.16 Å². The lowest BCUT2D eigenvalue weighted by atomic mass is 10.2. The third-order valence-electron chi connectivity index (χ3n) is 1.14. The van der Waals surface area contributed by atoms with Crippen molar-refractivity contribution in [3.05, 3.63) is 0 Å². The van der Waals surface area contributed by atoms with Crippen LogP contribution < -0.4 is 0 Å². The van der Waals surface area contributed by atoms with Gasteiger partial charge in [0.05, 0.1) is 12.8 Å². The molecule has 0 aliphatic carbocycles. The van der Waals surface area contributed by atoms with Crippen molar-refractivity contribution in [2.75, 3.05) is 13.6 Å². The molecule has 0 aromatic heterocycles. The molecular weight excluding hydrogens is 172 g/mol. The third kappa shape index (κ3) is 5.95. The molecule has 0 heterocycles. The minimum absolute atomic E-state index is 0.228. The zero-order valence-corrected chi connectivity index (χ0v) is 8.44. The van der Waals surface area contributed by atoms with Crippen molar-refractivity contribution in [1.29, 1.82) is 0 Å². The monoisotopic (exact) mass is 188 g/mol. The Bertz CT molecular complexity index is 196. The Kier molecular flexibility index (Phi) is 4.23. The van der Waals surface area contributed by atoms with Crippen LogP contribution in [-0.4, -0.2) is 41.6 Å². The summed E-state index contributed by atoms with van der Waals surface area (Å²) in [6, 6.07) is 0. The molecule has 0 rings (SSSR count). The van der Waals surface area contributed by atoms with Crippen LogP contribution >= 0.6 is 0 Å². The van der Waals surface area contributed by atoms with E-state index in [1.165, 1.54) is 11.1 Å². The Balaban J connectivity index is 3.97. The molecule has 0 saturated heterocycles. The molecule has 5 heteroatoms. The van der Waals surface area contributed by atoms with Crippen LogP contribution in [0.2, 0.25) is 0 Å². The van der Waals surface area contributed by atoms with Crippen molar-refractivity contribution in [2.24, 2.45) is 5.16 Å². The van der Waals surface area contributed by atoms with Gasteiger partial charge in [0.2, 0.25) is 0 Å². The van der Waals surface area contributed by atoms with Gasteiger partial charge in [0.1, 0.15) is 5.60 Å². The zero-order valence-electron chi connectivity index (χ0n) is 8.44. The van der Waals surface area contributed by atoms with E-state index in [9.17, 15) is 4.79 Å². The van der Waals surface area contributed by atoms with Gasteiger partial charge < -0.3 is 14.8 Å². The highest BCUT2D eigenvalue weighted by atomic mass is 16.6. The molecule has 0 spiro atoms. The topological polar surface area (TPSA) is 62.1 Å². The lowest BCUT2D eigenvalue weighted by molar-refractivity contribution is 0.0325. The number of rotatable bonds is 2. The number of carbonyl (C=O) groups excluding carboxylic acids is 1. The Labute approximate surface area is 78.0 Å². The van der Waals surface area contributed by atoms with Gasteiger partial charge in [-0.25, -0.2) is 4.79 Å². The number of amides is 1. The second kappa shape index (κ2) is 4.69. The molecule has 0 aliphatic heterocycles. The van der Waals surface area contributed by atoms with Gasteiger partial charge in [0, 0.05) is 7.05 Å². The Morgan fingerprint density at radius 2 is 2.15 bits per heavy atom. The molecule has 0 aromatic rings. The second-order valence-corrected chi connectivity index (χ2v) is 3.66. The van der Waals surface area contributed by atoms with E-state index in [4.69, 9.17) is 9.94 Å². The molecule has 0 unspecified atom stereocenters. The molecule has 0 radical (unpaired) electrons. The van der Waals surface area contributed by atoms with Gasteiger partial charge in [-0.3, -0.25) is 0 Å². The number of hydrogen-bond acceptors (Lipinski definition) is 4. The lowest BCUT2D eigenvalue weighted by Crippen LogP contribution is -2.35. The number of ether oxygens (including phenoxy) is 1. The van der Waals surface area contributed by atoms with Crippen LogP contribution in [0.1, 0.15) is 20.8 Å². The lowest BCUT2D eigenvalue weighted by Gasteiger charge is -2.23. The maximum Gasteiger partial charge on any atom is 0.410 e. The van der Waals surface area contributed by atoms with E-state index in [1.54, 1.807) is 27.8 Å². The molecule has 1 N–H and O–H groups in total. The van der Waals surface area contributed by atoms with Crippen LogP contribution in [0.25, 0.3) is 0 Å². The molecule has 0 saturated carbocycles. The minimum atomic E-state index is -0.498. The molecule has 76 valence electrons. The average molecular weight is 188 g/mol. The SMILES string of the molecule is CN(CC=NO)C(=O)OC(C)(C)C. The van der Waals surface area contributed by atoms with Crippen molar-refractivity contribution in [3.63, 3.8) is 0 Å². The molecule has 1 amide bonds. The minimum Gasteiger partial charge on any atom is -0.444 e. The van der Waals surface area contributed by atoms with Crippen LogP contribution in [0.4, 0.5) is 4.79 Å². The standard InChI is InChI=1S/C8H16N2O3/c1-8(2,3)13-7(11)10(4)6-5-9-12/h5,12H,6H2,1-4H3. The average Bonchev–Trinajstić information content (AvgIpc) is 1.96. The van der Waals surface area contributed by atoms with Crippen LogP contribution in [-0.2, 0) is 4.74 Å². The highest BCUT2D eigenvalue weighted by Crippen LogP contribution is 2.08. The van der Waals surface area contributed by atoms with Crippen LogP contribution in [0, 0.1) is 0 Å². The normalized spacial score (nSPS) is 11.7. The molecule has 13 heavy (non-hydrogen) atoms. The summed E-state index contributed by atoms with van der Waals surface area (Å²) in [5, 5.41) is 10.9. The van der Waals surface area contributed by atoms with Gasteiger partial charge >= 0.3 is 6.09 Å². The number of hydrogen-bond donors (Lipinski definition) is 1. The van der Waals surface area contributed by atoms with Gasteiger partial charge in [-0.2, -0.15) is 0 Å². The first kappa shape index (κ1) is 11.7. The van der Waals surface area contributed by atoms with E-state index in [0.29, 0.717) is 0 Å². The largest absolute Gasteiger partial charge is 0.444 e. The Hall–Kier alpha value is -1.26. The number of nitrogens with zero attached hydrogens (tertiary/aromatic N) is 2. The van der Waals surface area contributed by atoms with Gasteiger partial charge in [-0.05, 0) is 20.8 Å². The highest BCUT2D eigenvalue weighted by Gasteiger charge is 2.18. The van der Waals surface area contributed by atoms with Gasteiger partial charge in [-0.1, -0.05) is 0 Å². The summed E-state index contributed by atoms with van der Waals surface area (Å²) in [7, 11) is 1.57.